The van der Waals surface area contributed by atoms with Crippen molar-refractivity contribution in [3.8, 4) is 0 Å². The Labute approximate surface area is 126 Å². The topological polar surface area (TPSA) is 20.7 Å². The summed E-state index contributed by atoms with van der Waals surface area (Å²) in [5, 5.41) is 0. The van der Waals surface area contributed by atoms with Crippen molar-refractivity contribution >= 4 is 23.3 Å². The third-order valence-electron chi connectivity index (χ3n) is 4.82. The lowest BCUT2D eigenvalue weighted by Crippen LogP contribution is -2.18. The van der Waals surface area contributed by atoms with E-state index in [-0.39, 0.29) is 0 Å². The Bertz CT molecular complexity index is 645. The molecule has 108 valence electrons. The first kappa shape index (κ1) is 13.9. The second kappa shape index (κ2) is 5.72. The van der Waals surface area contributed by atoms with Gasteiger partial charge in [0.2, 0.25) is 0 Å². The van der Waals surface area contributed by atoms with Gasteiger partial charge >= 0.3 is 0 Å². The molecule has 3 heteroatoms. The maximum atomic E-state index is 5.58. The summed E-state index contributed by atoms with van der Waals surface area (Å²) in [4.78, 5) is 3.38. The van der Waals surface area contributed by atoms with Crippen molar-refractivity contribution in [3.63, 3.8) is 0 Å². The van der Waals surface area contributed by atoms with E-state index in [1.807, 2.05) is 0 Å². The molecular weight excluding hydrogens is 264 g/mol. The van der Waals surface area contributed by atoms with E-state index in [2.05, 4.69) is 41.6 Å². The molecule has 1 aliphatic rings. The lowest BCUT2D eigenvalue weighted by Gasteiger charge is -2.29. The van der Waals surface area contributed by atoms with Crippen LogP contribution in [0.3, 0.4) is 0 Å². The van der Waals surface area contributed by atoms with E-state index in [0.717, 1.165) is 10.7 Å². The highest BCUT2D eigenvalue weighted by Crippen LogP contribution is 2.36. The zero-order chi connectivity index (χ0) is 14.1. The van der Waals surface area contributed by atoms with Crippen LogP contribution in [0.5, 0.6) is 0 Å². The monoisotopic (exact) mass is 288 g/mol. The molecule has 1 saturated carbocycles. The molecule has 1 fully saturated rings. The number of aromatic nitrogens is 2. The van der Waals surface area contributed by atoms with Crippen LogP contribution in [0.1, 0.15) is 57.1 Å². The number of nitrogens with one attached hydrogen (secondary N) is 1. The van der Waals surface area contributed by atoms with Crippen LogP contribution in [0.2, 0.25) is 0 Å². The molecule has 0 unspecified atom stereocenters. The molecule has 0 aliphatic heterocycles. The minimum Gasteiger partial charge on any atom is -0.331 e. The first-order valence-electron chi connectivity index (χ1n) is 7.90. The molecule has 20 heavy (non-hydrogen) atoms. The Balaban J connectivity index is 1.92. The van der Waals surface area contributed by atoms with Gasteiger partial charge in [0.05, 0.1) is 11.0 Å². The Hall–Kier alpha value is -1.09. The number of hydrogen-bond acceptors (Lipinski definition) is 1. The van der Waals surface area contributed by atoms with E-state index in [1.165, 1.54) is 55.1 Å². The number of imidazole rings is 1. The van der Waals surface area contributed by atoms with E-state index in [0.29, 0.717) is 6.04 Å². The Morgan fingerprint density at radius 2 is 2.00 bits per heavy atom. The van der Waals surface area contributed by atoms with Crippen LogP contribution >= 0.6 is 12.2 Å². The van der Waals surface area contributed by atoms with Gasteiger partial charge in [-0.05, 0) is 62.4 Å². The van der Waals surface area contributed by atoms with Gasteiger partial charge in [-0.2, -0.15) is 0 Å². The normalized spacial score (nSPS) is 23.3. The highest BCUT2D eigenvalue weighted by Gasteiger charge is 2.23. The summed E-state index contributed by atoms with van der Waals surface area (Å²) in [6.45, 7) is 4.48. The van der Waals surface area contributed by atoms with Crippen LogP contribution in [-0.4, -0.2) is 9.55 Å². The lowest BCUT2D eigenvalue weighted by atomic mass is 9.83. The number of fused-ring (bicyclic) bond motifs is 1. The molecule has 1 aromatic heterocycles. The summed E-state index contributed by atoms with van der Waals surface area (Å²) in [6.07, 6.45) is 7.99. The minimum atomic E-state index is 0.588. The van der Waals surface area contributed by atoms with Crippen molar-refractivity contribution in [1.29, 1.82) is 0 Å². The first-order chi connectivity index (χ1) is 9.70. The summed E-state index contributed by atoms with van der Waals surface area (Å²) >= 11 is 5.58. The molecule has 0 atom stereocenters. The second-order valence-electron chi connectivity index (χ2n) is 6.23. The SMILES string of the molecule is CCCC1CCC(n2c(=S)[nH]c3cccc(C)c32)CC1. The van der Waals surface area contributed by atoms with Crippen molar-refractivity contribution in [2.24, 2.45) is 5.92 Å². The van der Waals surface area contributed by atoms with E-state index < -0.39 is 0 Å². The lowest BCUT2D eigenvalue weighted by molar-refractivity contribution is 0.264. The molecule has 0 bridgehead atoms. The number of H-pyrrole nitrogens is 1. The van der Waals surface area contributed by atoms with Gasteiger partial charge in [0, 0.05) is 6.04 Å². The summed E-state index contributed by atoms with van der Waals surface area (Å²) in [6, 6.07) is 7.01. The van der Waals surface area contributed by atoms with Crippen molar-refractivity contribution < 1.29 is 0 Å². The van der Waals surface area contributed by atoms with Crippen LogP contribution in [0.4, 0.5) is 0 Å². The first-order valence-corrected chi connectivity index (χ1v) is 8.31. The zero-order valence-electron chi connectivity index (χ0n) is 12.5. The number of hydrogen-bond donors (Lipinski definition) is 1. The van der Waals surface area contributed by atoms with Gasteiger partial charge in [-0.3, -0.25) is 0 Å². The molecule has 0 spiro atoms. The average Bonchev–Trinajstić information content (AvgIpc) is 2.78. The molecule has 0 saturated heterocycles. The van der Waals surface area contributed by atoms with Gasteiger partial charge in [0.15, 0.2) is 4.77 Å². The Morgan fingerprint density at radius 3 is 2.70 bits per heavy atom. The van der Waals surface area contributed by atoms with Crippen LogP contribution in [0.25, 0.3) is 11.0 Å². The second-order valence-corrected chi connectivity index (χ2v) is 6.62. The van der Waals surface area contributed by atoms with Crippen LogP contribution in [0, 0.1) is 17.6 Å². The standard InChI is InChI=1S/C17H24N2S/c1-3-5-13-8-10-14(11-9-13)19-16-12(2)6-4-7-15(16)18-17(19)20/h4,6-7,13-14H,3,5,8-11H2,1-2H3,(H,18,20). The predicted octanol–water partition coefficient (Wildman–Crippen LogP) is 5.54. The number of aryl methyl sites for hydroxylation is 1. The Morgan fingerprint density at radius 1 is 1.25 bits per heavy atom. The smallest absolute Gasteiger partial charge is 0.178 e. The molecule has 0 radical (unpaired) electrons. The van der Waals surface area contributed by atoms with E-state index >= 15 is 0 Å². The predicted molar refractivity (Wildman–Crippen MR) is 87.8 cm³/mol. The molecule has 2 aromatic rings. The molecule has 1 N–H and O–H groups in total. The van der Waals surface area contributed by atoms with Crippen molar-refractivity contribution in [2.45, 2.75) is 58.4 Å². The van der Waals surface area contributed by atoms with Crippen LogP contribution in [-0.2, 0) is 0 Å². The van der Waals surface area contributed by atoms with Crippen molar-refractivity contribution in [1.82, 2.24) is 9.55 Å². The van der Waals surface area contributed by atoms with Crippen molar-refractivity contribution in [2.75, 3.05) is 0 Å². The molecule has 3 rings (SSSR count). The largest absolute Gasteiger partial charge is 0.331 e. The fraction of sp³-hybridized carbons (Fsp3) is 0.588. The zero-order valence-corrected chi connectivity index (χ0v) is 13.3. The third-order valence-corrected chi connectivity index (χ3v) is 5.12. The van der Waals surface area contributed by atoms with Crippen LogP contribution < -0.4 is 0 Å². The summed E-state index contributed by atoms with van der Waals surface area (Å²) < 4.78 is 3.29. The molecule has 2 nitrogen and oxygen atoms in total. The van der Waals surface area contributed by atoms with Gasteiger partial charge in [-0.15, -0.1) is 0 Å². The van der Waals surface area contributed by atoms with E-state index in [9.17, 15) is 0 Å². The number of para-hydroxylation sites is 1. The number of aromatic amines is 1. The molecule has 1 aliphatic carbocycles. The number of nitrogens with zero attached hydrogens (tertiary/aromatic N) is 1. The highest BCUT2D eigenvalue weighted by atomic mass is 32.1. The fourth-order valence-corrected chi connectivity index (χ4v) is 4.16. The summed E-state index contributed by atoms with van der Waals surface area (Å²) in [5.41, 5.74) is 3.83. The summed E-state index contributed by atoms with van der Waals surface area (Å²) in [7, 11) is 0. The van der Waals surface area contributed by atoms with Crippen LogP contribution in [0.15, 0.2) is 18.2 Å². The fourth-order valence-electron chi connectivity index (χ4n) is 3.80. The molecule has 1 aromatic carbocycles. The maximum absolute atomic E-state index is 5.58. The average molecular weight is 288 g/mol. The summed E-state index contributed by atoms with van der Waals surface area (Å²) in [5.74, 6) is 0.941. The van der Waals surface area contributed by atoms with Crippen molar-refractivity contribution in [3.05, 3.63) is 28.5 Å². The minimum absolute atomic E-state index is 0.588. The number of benzene rings is 1. The Kier molecular flexibility index (Phi) is 3.97. The number of rotatable bonds is 3. The third kappa shape index (κ3) is 2.44. The van der Waals surface area contributed by atoms with Gasteiger partial charge < -0.3 is 9.55 Å². The molecule has 0 amide bonds. The van der Waals surface area contributed by atoms with Gasteiger partial charge in [-0.25, -0.2) is 0 Å². The van der Waals surface area contributed by atoms with E-state index in [1.54, 1.807) is 0 Å². The van der Waals surface area contributed by atoms with Gasteiger partial charge in [-0.1, -0.05) is 31.9 Å². The molecular formula is C17H24N2S. The highest BCUT2D eigenvalue weighted by molar-refractivity contribution is 7.71. The maximum Gasteiger partial charge on any atom is 0.178 e. The van der Waals surface area contributed by atoms with Gasteiger partial charge in [0.1, 0.15) is 0 Å². The van der Waals surface area contributed by atoms with E-state index in [4.69, 9.17) is 12.2 Å². The molecule has 1 heterocycles. The van der Waals surface area contributed by atoms with Gasteiger partial charge in [0.25, 0.3) is 0 Å². The quantitative estimate of drug-likeness (QED) is 0.735.